The molecule has 1 heterocycles. The van der Waals surface area contributed by atoms with Crippen LogP contribution in [0.15, 0.2) is 54.9 Å². The second kappa shape index (κ2) is 6.96. The monoisotopic (exact) mass is 336 g/mol. The standard InChI is InChI=1S/C18H16N4O3/c1-12-8-9-14(10-13(12)2)21-17-16(22(23)24)18(20-11-19-17)25-15-6-4-3-5-7-15/h3-11H,1-2H3,(H,19,20,21). The maximum absolute atomic E-state index is 11.5. The molecule has 3 rings (SSSR count). The van der Waals surface area contributed by atoms with Crippen molar-refractivity contribution in [1.82, 2.24) is 9.97 Å². The van der Waals surface area contributed by atoms with Crippen LogP contribution in [0.3, 0.4) is 0 Å². The van der Waals surface area contributed by atoms with Gasteiger partial charge in [0.1, 0.15) is 12.1 Å². The van der Waals surface area contributed by atoms with Crippen LogP contribution in [0.2, 0.25) is 0 Å². The van der Waals surface area contributed by atoms with Gasteiger partial charge in [-0.3, -0.25) is 10.1 Å². The molecule has 0 aliphatic rings. The predicted molar refractivity (Wildman–Crippen MR) is 94.4 cm³/mol. The molecule has 0 saturated carbocycles. The highest BCUT2D eigenvalue weighted by molar-refractivity contribution is 5.69. The van der Waals surface area contributed by atoms with Gasteiger partial charge in [0, 0.05) is 5.69 Å². The number of anilines is 2. The number of aromatic nitrogens is 2. The molecule has 0 aliphatic carbocycles. The fourth-order valence-corrected chi connectivity index (χ4v) is 2.25. The highest BCUT2D eigenvalue weighted by Crippen LogP contribution is 2.35. The maximum Gasteiger partial charge on any atom is 0.373 e. The number of nitro groups is 1. The predicted octanol–water partition coefficient (Wildman–Crippen LogP) is 4.54. The van der Waals surface area contributed by atoms with Crippen molar-refractivity contribution in [1.29, 1.82) is 0 Å². The van der Waals surface area contributed by atoms with Gasteiger partial charge in [-0.25, -0.2) is 4.98 Å². The van der Waals surface area contributed by atoms with Crippen molar-refractivity contribution in [2.45, 2.75) is 13.8 Å². The largest absolute Gasteiger partial charge is 0.434 e. The lowest BCUT2D eigenvalue weighted by atomic mass is 10.1. The molecule has 0 saturated heterocycles. The Morgan fingerprint density at radius 3 is 2.48 bits per heavy atom. The minimum atomic E-state index is -0.554. The van der Waals surface area contributed by atoms with E-state index < -0.39 is 4.92 Å². The van der Waals surface area contributed by atoms with Gasteiger partial charge in [-0.1, -0.05) is 24.3 Å². The summed E-state index contributed by atoms with van der Waals surface area (Å²) >= 11 is 0. The van der Waals surface area contributed by atoms with E-state index in [9.17, 15) is 10.1 Å². The van der Waals surface area contributed by atoms with Crippen LogP contribution >= 0.6 is 0 Å². The summed E-state index contributed by atoms with van der Waals surface area (Å²) in [5.74, 6) is 0.424. The Morgan fingerprint density at radius 2 is 1.80 bits per heavy atom. The van der Waals surface area contributed by atoms with E-state index >= 15 is 0 Å². The molecule has 0 atom stereocenters. The highest BCUT2D eigenvalue weighted by atomic mass is 16.6. The van der Waals surface area contributed by atoms with E-state index in [1.54, 1.807) is 24.3 Å². The van der Waals surface area contributed by atoms with Crippen LogP contribution in [0.25, 0.3) is 0 Å². The van der Waals surface area contributed by atoms with E-state index in [-0.39, 0.29) is 17.4 Å². The number of hydrogen-bond donors (Lipinski definition) is 1. The van der Waals surface area contributed by atoms with Crippen LogP contribution in [0.4, 0.5) is 17.2 Å². The first-order valence-corrected chi connectivity index (χ1v) is 7.61. The molecule has 126 valence electrons. The SMILES string of the molecule is Cc1ccc(Nc2ncnc(Oc3ccccc3)c2[N+](=O)[O-])cc1C. The van der Waals surface area contributed by atoms with E-state index in [0.29, 0.717) is 11.4 Å². The summed E-state index contributed by atoms with van der Waals surface area (Å²) < 4.78 is 5.56. The molecule has 7 nitrogen and oxygen atoms in total. The highest BCUT2D eigenvalue weighted by Gasteiger charge is 2.25. The van der Waals surface area contributed by atoms with Crippen molar-refractivity contribution in [2.24, 2.45) is 0 Å². The lowest BCUT2D eigenvalue weighted by Gasteiger charge is -2.10. The van der Waals surface area contributed by atoms with Gasteiger partial charge in [0.05, 0.1) is 4.92 Å². The second-order valence-corrected chi connectivity index (χ2v) is 5.47. The van der Waals surface area contributed by atoms with Crippen LogP contribution < -0.4 is 10.1 Å². The van der Waals surface area contributed by atoms with Crippen LogP contribution in [0.1, 0.15) is 11.1 Å². The van der Waals surface area contributed by atoms with Gasteiger partial charge in [-0.15, -0.1) is 0 Å². The minimum absolute atomic E-state index is 0.0779. The summed E-state index contributed by atoms with van der Waals surface area (Å²) in [6, 6.07) is 14.4. The van der Waals surface area contributed by atoms with Gasteiger partial charge < -0.3 is 10.1 Å². The number of para-hydroxylation sites is 1. The van der Waals surface area contributed by atoms with Crippen molar-refractivity contribution >= 4 is 17.2 Å². The van der Waals surface area contributed by atoms with Crippen molar-refractivity contribution in [3.8, 4) is 11.6 Å². The van der Waals surface area contributed by atoms with Crippen LogP contribution in [-0.4, -0.2) is 14.9 Å². The van der Waals surface area contributed by atoms with E-state index in [2.05, 4.69) is 15.3 Å². The topological polar surface area (TPSA) is 90.2 Å². The molecule has 1 N–H and O–H groups in total. The number of benzene rings is 2. The smallest absolute Gasteiger partial charge is 0.373 e. The average molecular weight is 336 g/mol. The van der Waals surface area contributed by atoms with Gasteiger partial charge >= 0.3 is 11.6 Å². The number of ether oxygens (including phenoxy) is 1. The fourth-order valence-electron chi connectivity index (χ4n) is 2.25. The van der Waals surface area contributed by atoms with Crippen LogP contribution in [0, 0.1) is 24.0 Å². The normalized spacial score (nSPS) is 10.3. The van der Waals surface area contributed by atoms with Gasteiger partial charge in [-0.2, -0.15) is 4.98 Å². The molecule has 0 spiro atoms. The van der Waals surface area contributed by atoms with Gasteiger partial charge in [-0.05, 0) is 49.2 Å². The quantitative estimate of drug-likeness (QED) is 0.543. The third-order valence-corrected chi connectivity index (χ3v) is 3.70. The lowest BCUT2D eigenvalue weighted by Crippen LogP contribution is -2.03. The van der Waals surface area contributed by atoms with Gasteiger partial charge in [0.15, 0.2) is 0 Å². The Labute approximate surface area is 144 Å². The first-order chi connectivity index (χ1) is 12.0. The number of rotatable bonds is 5. The number of nitrogens with zero attached hydrogens (tertiary/aromatic N) is 3. The third kappa shape index (κ3) is 3.72. The van der Waals surface area contributed by atoms with Crippen molar-refractivity contribution in [3.05, 3.63) is 76.1 Å². The van der Waals surface area contributed by atoms with E-state index in [4.69, 9.17) is 4.74 Å². The summed E-state index contributed by atoms with van der Waals surface area (Å²) in [6.45, 7) is 3.97. The maximum atomic E-state index is 11.5. The molecule has 0 amide bonds. The van der Waals surface area contributed by atoms with E-state index in [1.807, 2.05) is 38.1 Å². The fraction of sp³-hybridized carbons (Fsp3) is 0.111. The van der Waals surface area contributed by atoms with Crippen LogP contribution in [-0.2, 0) is 0 Å². The molecular formula is C18H16N4O3. The molecule has 0 unspecified atom stereocenters. The molecule has 0 aliphatic heterocycles. The zero-order valence-electron chi connectivity index (χ0n) is 13.8. The van der Waals surface area contributed by atoms with Crippen molar-refractivity contribution in [3.63, 3.8) is 0 Å². The summed E-state index contributed by atoms with van der Waals surface area (Å²) in [7, 11) is 0. The van der Waals surface area contributed by atoms with Crippen LogP contribution in [0.5, 0.6) is 11.6 Å². The van der Waals surface area contributed by atoms with Crippen molar-refractivity contribution in [2.75, 3.05) is 5.32 Å². The second-order valence-electron chi connectivity index (χ2n) is 5.47. The summed E-state index contributed by atoms with van der Waals surface area (Å²) in [5, 5.41) is 14.5. The molecule has 0 fully saturated rings. The molecule has 1 aromatic heterocycles. The Balaban J connectivity index is 1.97. The van der Waals surface area contributed by atoms with Gasteiger partial charge in [0.25, 0.3) is 0 Å². The minimum Gasteiger partial charge on any atom is -0.434 e. The molecule has 0 bridgehead atoms. The molecular weight excluding hydrogens is 320 g/mol. The Bertz CT molecular complexity index is 913. The summed E-state index contributed by atoms with van der Waals surface area (Å²) in [5.41, 5.74) is 2.60. The Kier molecular flexibility index (Phi) is 4.56. The van der Waals surface area contributed by atoms with E-state index in [1.165, 1.54) is 6.33 Å². The third-order valence-electron chi connectivity index (χ3n) is 3.70. The first kappa shape index (κ1) is 16.4. The lowest BCUT2D eigenvalue weighted by molar-refractivity contribution is -0.385. The summed E-state index contributed by atoms with van der Waals surface area (Å²) in [4.78, 5) is 18.9. The molecule has 2 aromatic carbocycles. The van der Waals surface area contributed by atoms with Crippen molar-refractivity contribution < 1.29 is 9.66 Å². The number of nitrogens with one attached hydrogen (secondary N) is 1. The molecule has 3 aromatic rings. The Hall–Kier alpha value is -3.48. The number of hydrogen-bond acceptors (Lipinski definition) is 6. The molecule has 0 radical (unpaired) electrons. The van der Waals surface area contributed by atoms with Gasteiger partial charge in [0.2, 0.25) is 5.82 Å². The molecule has 7 heteroatoms. The zero-order valence-corrected chi connectivity index (χ0v) is 13.8. The summed E-state index contributed by atoms with van der Waals surface area (Å²) in [6.07, 6.45) is 1.23. The zero-order chi connectivity index (χ0) is 17.8. The number of aryl methyl sites for hydroxylation is 2. The first-order valence-electron chi connectivity index (χ1n) is 7.61. The molecule has 25 heavy (non-hydrogen) atoms. The Morgan fingerprint density at radius 1 is 1.04 bits per heavy atom. The van der Waals surface area contributed by atoms with E-state index in [0.717, 1.165) is 11.1 Å². The average Bonchev–Trinajstić information content (AvgIpc) is 2.59.